The molecule has 0 nitrogen and oxygen atoms in total. The Bertz CT molecular complexity index is 53.1. The normalized spacial score (nSPS) is 10.8. The van der Waals surface area contributed by atoms with Gasteiger partial charge < -0.3 is 0 Å². The molecule has 0 N–H and O–H groups in total. The highest BCUT2D eigenvalue weighted by atomic mass is 13.8. The van der Waals surface area contributed by atoms with Crippen molar-refractivity contribution < 1.29 is 0 Å². The Morgan fingerprint density at radius 3 is 2.38 bits per heavy atom. The molecule has 0 aromatic rings. The topological polar surface area (TPSA) is 0 Å². The van der Waals surface area contributed by atoms with E-state index in [9.17, 15) is 0 Å². The van der Waals surface area contributed by atoms with Crippen LogP contribution in [0.5, 0.6) is 0 Å². The van der Waals surface area contributed by atoms with Crippen molar-refractivity contribution in [2.24, 2.45) is 0 Å². The van der Waals surface area contributed by atoms with Crippen LogP contribution >= 0.6 is 0 Å². The predicted molar refractivity (Wildman–Crippen MR) is 39.0 cm³/mol. The molecule has 0 fully saturated rings. The maximum absolute atomic E-state index is 2.27. The van der Waals surface area contributed by atoms with E-state index in [-0.39, 0.29) is 0 Å². The van der Waals surface area contributed by atoms with E-state index < -0.39 is 0 Å². The van der Waals surface area contributed by atoms with Gasteiger partial charge in [0.05, 0.1) is 0 Å². The molecule has 0 aliphatic carbocycles. The fourth-order valence-corrected chi connectivity index (χ4v) is 0.606. The van der Waals surface area contributed by atoms with Crippen LogP contribution in [0.1, 0.15) is 39.5 Å². The lowest BCUT2D eigenvalue weighted by molar-refractivity contribution is 0.812. The van der Waals surface area contributed by atoms with E-state index in [1.54, 1.807) is 0 Å². The Morgan fingerprint density at radius 1 is 1.12 bits per heavy atom. The van der Waals surface area contributed by atoms with Crippen molar-refractivity contribution in [1.82, 2.24) is 0 Å². The maximum Gasteiger partial charge on any atom is -0.0351 e. The van der Waals surface area contributed by atoms with E-state index in [1.807, 2.05) is 0 Å². The lowest BCUT2D eigenvalue weighted by Crippen LogP contribution is -1.65. The first-order valence-electron chi connectivity index (χ1n) is 3.56. The highest BCUT2D eigenvalue weighted by Gasteiger charge is 1.74. The van der Waals surface area contributed by atoms with Crippen LogP contribution in [0.3, 0.4) is 0 Å². The molecule has 0 heteroatoms. The molecule has 0 aliphatic heterocycles. The summed E-state index contributed by atoms with van der Waals surface area (Å²) in [7, 11) is 0. The molecule has 0 amide bonds. The number of allylic oxidation sites excluding steroid dienone is 2. The number of hydrogen-bond acceptors (Lipinski definition) is 0. The Morgan fingerprint density at radius 2 is 1.88 bits per heavy atom. The van der Waals surface area contributed by atoms with E-state index in [1.165, 1.54) is 25.7 Å². The third kappa shape index (κ3) is 5.74. The summed E-state index contributed by atoms with van der Waals surface area (Å²) in [6.07, 6.45) is 9.61. The minimum Gasteiger partial charge on any atom is -0.0888 e. The zero-order valence-corrected chi connectivity index (χ0v) is 5.98. The van der Waals surface area contributed by atoms with Crippen molar-refractivity contribution in [3.63, 3.8) is 0 Å². The lowest BCUT2D eigenvalue weighted by Gasteiger charge is -1.85. The van der Waals surface area contributed by atoms with Crippen LogP contribution < -0.4 is 0 Å². The van der Waals surface area contributed by atoms with Gasteiger partial charge in [-0.25, -0.2) is 0 Å². The van der Waals surface area contributed by atoms with Crippen molar-refractivity contribution in [2.75, 3.05) is 0 Å². The number of hydrogen-bond donors (Lipinski definition) is 0. The van der Waals surface area contributed by atoms with Gasteiger partial charge in [-0.05, 0) is 12.8 Å². The second-order valence-corrected chi connectivity index (χ2v) is 2.02. The quantitative estimate of drug-likeness (QED) is 0.387. The van der Waals surface area contributed by atoms with Crippen LogP contribution in [0.25, 0.3) is 0 Å². The van der Waals surface area contributed by atoms with Gasteiger partial charge in [0.1, 0.15) is 0 Å². The van der Waals surface area contributed by atoms with Gasteiger partial charge in [0, 0.05) is 0 Å². The molecule has 0 saturated carbocycles. The monoisotopic (exact) mass is 112 g/mol. The number of rotatable bonds is 4. The molecule has 0 unspecified atom stereocenters. The van der Waals surface area contributed by atoms with E-state index in [0.29, 0.717) is 0 Å². The van der Waals surface area contributed by atoms with Crippen molar-refractivity contribution >= 4 is 0 Å². The average Bonchev–Trinajstić information content (AvgIpc) is 1.81. The highest BCUT2D eigenvalue weighted by molar-refractivity contribution is 4.79. The average molecular weight is 112 g/mol. The van der Waals surface area contributed by atoms with Crippen LogP contribution in [0.15, 0.2) is 12.2 Å². The van der Waals surface area contributed by atoms with E-state index in [0.717, 1.165) is 0 Å². The highest BCUT2D eigenvalue weighted by Crippen LogP contribution is 1.94. The molecule has 0 aliphatic rings. The molecular weight excluding hydrogens is 96.1 g/mol. The zero-order chi connectivity index (χ0) is 6.24. The van der Waals surface area contributed by atoms with Gasteiger partial charge in [-0.2, -0.15) is 0 Å². The largest absolute Gasteiger partial charge is 0.0888 e. The first-order chi connectivity index (χ1) is 3.91. The van der Waals surface area contributed by atoms with Crippen LogP contribution in [-0.2, 0) is 0 Å². The smallest absolute Gasteiger partial charge is 0.0351 e. The minimum absolute atomic E-state index is 1.18. The van der Waals surface area contributed by atoms with Crippen LogP contribution in [0.4, 0.5) is 0 Å². The second kappa shape index (κ2) is 6.74. The Labute approximate surface area is 52.6 Å². The van der Waals surface area contributed by atoms with E-state index >= 15 is 0 Å². The van der Waals surface area contributed by atoms with Crippen LogP contribution in [0.2, 0.25) is 0 Å². The summed E-state index contributed by atoms with van der Waals surface area (Å²) in [6.45, 7) is 4.39. The summed E-state index contributed by atoms with van der Waals surface area (Å²) in [5, 5.41) is 0. The summed E-state index contributed by atoms with van der Waals surface area (Å²) < 4.78 is 0. The van der Waals surface area contributed by atoms with Gasteiger partial charge in [0.2, 0.25) is 0 Å². The lowest BCUT2D eigenvalue weighted by atomic mass is 10.2. The first-order valence-corrected chi connectivity index (χ1v) is 3.56. The predicted octanol–water partition coefficient (Wildman–Crippen LogP) is 3.14. The minimum atomic E-state index is 1.18. The fourth-order valence-electron chi connectivity index (χ4n) is 0.606. The van der Waals surface area contributed by atoms with Crippen LogP contribution in [0, 0.1) is 0 Å². The Hall–Kier alpha value is -0.260. The molecule has 0 atom stereocenters. The van der Waals surface area contributed by atoms with E-state index in [4.69, 9.17) is 0 Å². The van der Waals surface area contributed by atoms with E-state index in [2.05, 4.69) is 26.0 Å². The molecule has 0 heterocycles. The van der Waals surface area contributed by atoms with Gasteiger partial charge in [-0.15, -0.1) is 0 Å². The summed E-state index contributed by atoms with van der Waals surface area (Å²) in [4.78, 5) is 0. The molecule has 0 rings (SSSR count). The molecular formula is C8H16. The molecule has 48 valence electrons. The van der Waals surface area contributed by atoms with Crippen molar-refractivity contribution in [2.45, 2.75) is 39.5 Å². The van der Waals surface area contributed by atoms with Gasteiger partial charge in [0.25, 0.3) is 0 Å². The van der Waals surface area contributed by atoms with Gasteiger partial charge in [0.15, 0.2) is 0 Å². The standard InChI is InChI=1S/C8H16/c1-3-5-7-8-6-4-2/h5,7H,3-4,6,8H2,1-2H3/b7-5+. The SMILES string of the molecule is CC/C=C/CCCC. The van der Waals surface area contributed by atoms with Crippen molar-refractivity contribution in [1.29, 1.82) is 0 Å². The molecule has 0 saturated heterocycles. The van der Waals surface area contributed by atoms with Crippen molar-refractivity contribution in [3.05, 3.63) is 12.2 Å². The van der Waals surface area contributed by atoms with Gasteiger partial charge >= 0.3 is 0 Å². The summed E-state index contributed by atoms with van der Waals surface area (Å²) in [5.74, 6) is 0. The Kier molecular flexibility index (Phi) is 6.52. The van der Waals surface area contributed by atoms with Crippen molar-refractivity contribution in [3.8, 4) is 0 Å². The summed E-state index contributed by atoms with van der Waals surface area (Å²) in [6, 6.07) is 0. The Balaban J connectivity index is 2.80. The molecule has 0 spiro atoms. The molecule has 0 bridgehead atoms. The molecule has 8 heavy (non-hydrogen) atoms. The molecule has 0 aromatic carbocycles. The van der Waals surface area contributed by atoms with Crippen LogP contribution in [-0.4, -0.2) is 0 Å². The molecule has 0 aromatic heterocycles. The summed E-state index contributed by atoms with van der Waals surface area (Å²) in [5.41, 5.74) is 0. The first kappa shape index (κ1) is 7.74. The third-order valence-corrected chi connectivity index (χ3v) is 1.13. The summed E-state index contributed by atoms with van der Waals surface area (Å²) >= 11 is 0. The maximum atomic E-state index is 2.27. The second-order valence-electron chi connectivity index (χ2n) is 2.02. The number of unbranched alkanes of at least 4 members (excludes halogenated alkanes) is 2. The third-order valence-electron chi connectivity index (χ3n) is 1.13. The molecule has 0 radical (unpaired) electrons. The van der Waals surface area contributed by atoms with Gasteiger partial charge in [-0.1, -0.05) is 38.8 Å². The zero-order valence-electron chi connectivity index (χ0n) is 5.98. The fraction of sp³-hybridized carbons (Fsp3) is 0.750. The van der Waals surface area contributed by atoms with Gasteiger partial charge in [-0.3, -0.25) is 0 Å².